The fourth-order valence-electron chi connectivity index (χ4n) is 1.93. The fourth-order valence-corrected chi connectivity index (χ4v) is 1.93. The highest BCUT2D eigenvalue weighted by Crippen LogP contribution is 2.26. The van der Waals surface area contributed by atoms with Crippen LogP contribution in [0, 0.1) is 5.82 Å². The van der Waals surface area contributed by atoms with Gasteiger partial charge in [0.05, 0.1) is 6.61 Å². The van der Waals surface area contributed by atoms with E-state index in [1.807, 2.05) is 13.8 Å². The lowest BCUT2D eigenvalue weighted by Crippen LogP contribution is -2.34. The highest BCUT2D eigenvalue weighted by molar-refractivity contribution is 6.34. The van der Waals surface area contributed by atoms with Crippen LogP contribution in [0.2, 0.25) is 0 Å². The molecule has 1 aliphatic heterocycles. The molecule has 0 aliphatic carbocycles. The van der Waals surface area contributed by atoms with Crippen LogP contribution in [0.15, 0.2) is 30.9 Å². The maximum Gasteiger partial charge on any atom is 0.163 e. The molecule has 1 heterocycles. The first kappa shape index (κ1) is 14.1. The van der Waals surface area contributed by atoms with E-state index in [-0.39, 0.29) is 11.6 Å². The van der Waals surface area contributed by atoms with Crippen molar-refractivity contribution in [1.82, 2.24) is 0 Å². The van der Waals surface area contributed by atoms with Gasteiger partial charge in [0.1, 0.15) is 31.6 Å². The Balaban J connectivity index is 2.09. The molecule has 2 atom stereocenters. The number of rotatable bonds is 4. The van der Waals surface area contributed by atoms with Crippen molar-refractivity contribution in [3.05, 3.63) is 36.7 Å². The first-order valence-electron chi connectivity index (χ1n) is 6.07. The summed E-state index contributed by atoms with van der Waals surface area (Å²) in [6.45, 7) is 7.79. The van der Waals surface area contributed by atoms with E-state index in [1.165, 1.54) is 18.2 Å². The Labute approximate surface area is 113 Å². The maximum absolute atomic E-state index is 13.0. The van der Waals surface area contributed by atoms with Crippen molar-refractivity contribution in [2.45, 2.75) is 31.8 Å². The number of halogens is 1. The first-order chi connectivity index (χ1) is 8.91. The van der Waals surface area contributed by atoms with E-state index in [0.717, 1.165) is 0 Å². The molecule has 5 heteroatoms. The zero-order valence-electron chi connectivity index (χ0n) is 11.1. The first-order valence-corrected chi connectivity index (χ1v) is 6.07. The molecule has 2 rings (SSSR count). The predicted octanol–water partition coefficient (Wildman–Crippen LogP) is 1.70. The molecule has 0 aromatic heterocycles. The Hall–Kier alpha value is -1.33. The smallest absolute Gasteiger partial charge is 0.163 e. The quantitative estimate of drug-likeness (QED) is 0.610. The third-order valence-electron chi connectivity index (χ3n) is 2.86. The summed E-state index contributed by atoms with van der Waals surface area (Å²) in [5.74, 6) is -0.634. The van der Waals surface area contributed by atoms with Crippen LogP contribution in [0.1, 0.15) is 13.8 Å². The molecule has 0 amide bonds. The van der Waals surface area contributed by atoms with Gasteiger partial charge >= 0.3 is 0 Å². The second kappa shape index (κ2) is 5.35. The summed E-state index contributed by atoms with van der Waals surface area (Å²) in [6, 6.07) is 4.00. The third-order valence-corrected chi connectivity index (χ3v) is 2.86. The van der Waals surface area contributed by atoms with Crippen molar-refractivity contribution in [2.24, 2.45) is 0 Å². The molecule has 1 fully saturated rings. The summed E-state index contributed by atoms with van der Waals surface area (Å²) in [4.78, 5) is 0. The van der Waals surface area contributed by atoms with Crippen LogP contribution in [0.5, 0.6) is 5.75 Å². The second-order valence-corrected chi connectivity index (χ2v) is 4.87. The Kier molecular flexibility index (Phi) is 3.97. The number of hydrogen-bond donors (Lipinski definition) is 0. The molecule has 100 valence electrons. The summed E-state index contributed by atoms with van der Waals surface area (Å²) in [7, 11) is 5.70. The minimum absolute atomic E-state index is 0.241. The van der Waals surface area contributed by atoms with Gasteiger partial charge < -0.3 is 14.2 Å². The Bertz CT molecular complexity index is 476. The molecule has 1 unspecified atom stereocenters. The van der Waals surface area contributed by atoms with Gasteiger partial charge in [-0.2, -0.15) is 0 Å². The van der Waals surface area contributed by atoms with E-state index in [4.69, 9.17) is 22.1 Å². The Morgan fingerprint density at radius 2 is 2.32 bits per heavy atom. The van der Waals surface area contributed by atoms with Gasteiger partial charge in [-0.15, -0.1) is 0 Å². The van der Waals surface area contributed by atoms with Crippen molar-refractivity contribution >= 4 is 13.3 Å². The average molecular weight is 262 g/mol. The van der Waals surface area contributed by atoms with Crippen LogP contribution in [-0.2, 0) is 9.47 Å². The number of benzene rings is 1. The zero-order valence-corrected chi connectivity index (χ0v) is 11.1. The lowest BCUT2D eigenvalue weighted by atomic mass is 9.95. The standard InChI is InChI=1S/C14H16BFO3/c1-4-11(13-8-17-14(2,3)19-13)18-12-6-5-9(16)7-10(12)15/h4-7,11,13H,1,8H2,2-3H3/t11?,13-/m0/s1. The summed E-state index contributed by atoms with van der Waals surface area (Å²) in [5.41, 5.74) is 0.241. The van der Waals surface area contributed by atoms with E-state index in [1.54, 1.807) is 6.08 Å². The predicted molar refractivity (Wildman–Crippen MR) is 71.3 cm³/mol. The SMILES string of the molecule is [B]c1cc(F)ccc1OC(C=C)[C@@H]1COC(C)(C)O1. The molecular formula is C14H16BFO3. The van der Waals surface area contributed by atoms with Gasteiger partial charge in [-0.1, -0.05) is 12.0 Å². The minimum atomic E-state index is -0.635. The number of hydrogen-bond acceptors (Lipinski definition) is 3. The number of ether oxygens (including phenoxy) is 3. The normalized spacial score (nSPS) is 23.0. The van der Waals surface area contributed by atoms with E-state index < -0.39 is 17.7 Å². The molecule has 1 saturated heterocycles. The summed E-state index contributed by atoms with van der Waals surface area (Å²) >= 11 is 0. The Morgan fingerprint density at radius 3 is 2.84 bits per heavy atom. The zero-order chi connectivity index (χ0) is 14.0. The van der Waals surface area contributed by atoms with Gasteiger partial charge in [-0.3, -0.25) is 0 Å². The van der Waals surface area contributed by atoms with Gasteiger partial charge in [0.25, 0.3) is 0 Å². The van der Waals surface area contributed by atoms with E-state index in [2.05, 4.69) is 6.58 Å². The molecule has 0 saturated carbocycles. The summed E-state index contributed by atoms with van der Waals surface area (Å²) < 4.78 is 29.9. The molecule has 0 bridgehead atoms. The lowest BCUT2D eigenvalue weighted by molar-refractivity contribution is -0.145. The highest BCUT2D eigenvalue weighted by Gasteiger charge is 2.37. The molecule has 1 aromatic rings. The van der Waals surface area contributed by atoms with E-state index >= 15 is 0 Å². The van der Waals surface area contributed by atoms with Crippen LogP contribution in [0.25, 0.3) is 0 Å². The summed E-state index contributed by atoms with van der Waals surface area (Å²) in [6.07, 6.45) is 0.949. The molecular weight excluding hydrogens is 246 g/mol. The minimum Gasteiger partial charge on any atom is -0.484 e. The van der Waals surface area contributed by atoms with Gasteiger partial charge in [-0.05, 0) is 38.1 Å². The third kappa shape index (κ3) is 3.36. The van der Waals surface area contributed by atoms with Gasteiger partial charge in [0, 0.05) is 0 Å². The second-order valence-electron chi connectivity index (χ2n) is 4.87. The van der Waals surface area contributed by atoms with Crippen LogP contribution in [0.4, 0.5) is 4.39 Å². The van der Waals surface area contributed by atoms with Crippen LogP contribution in [-0.4, -0.2) is 32.4 Å². The molecule has 19 heavy (non-hydrogen) atoms. The highest BCUT2D eigenvalue weighted by atomic mass is 19.1. The van der Waals surface area contributed by atoms with Crippen molar-refractivity contribution < 1.29 is 18.6 Å². The average Bonchev–Trinajstić information content (AvgIpc) is 2.69. The summed E-state index contributed by atoms with van der Waals surface area (Å²) in [5, 5.41) is 0. The van der Waals surface area contributed by atoms with Crippen molar-refractivity contribution in [3.63, 3.8) is 0 Å². The van der Waals surface area contributed by atoms with Gasteiger partial charge in [-0.25, -0.2) is 4.39 Å². The van der Waals surface area contributed by atoms with E-state index in [9.17, 15) is 4.39 Å². The Morgan fingerprint density at radius 1 is 1.58 bits per heavy atom. The molecule has 2 radical (unpaired) electrons. The van der Waals surface area contributed by atoms with E-state index in [0.29, 0.717) is 12.4 Å². The van der Waals surface area contributed by atoms with Crippen molar-refractivity contribution in [2.75, 3.05) is 6.61 Å². The van der Waals surface area contributed by atoms with Gasteiger partial charge in [0.15, 0.2) is 5.79 Å². The van der Waals surface area contributed by atoms with Gasteiger partial charge in [0.2, 0.25) is 0 Å². The monoisotopic (exact) mass is 262 g/mol. The van der Waals surface area contributed by atoms with Crippen LogP contribution < -0.4 is 10.2 Å². The molecule has 0 N–H and O–H groups in total. The largest absolute Gasteiger partial charge is 0.484 e. The van der Waals surface area contributed by atoms with Crippen LogP contribution >= 0.6 is 0 Å². The molecule has 1 aliphatic rings. The van der Waals surface area contributed by atoms with Crippen LogP contribution in [0.3, 0.4) is 0 Å². The topological polar surface area (TPSA) is 27.7 Å². The molecule has 1 aromatic carbocycles. The van der Waals surface area contributed by atoms with Crippen molar-refractivity contribution in [3.8, 4) is 5.75 Å². The maximum atomic E-state index is 13.0. The lowest BCUT2D eigenvalue weighted by Gasteiger charge is -2.23. The van der Waals surface area contributed by atoms with Crippen molar-refractivity contribution in [1.29, 1.82) is 0 Å². The fraction of sp³-hybridized carbons (Fsp3) is 0.429. The molecule has 3 nitrogen and oxygen atoms in total. The molecule has 0 spiro atoms.